The summed E-state index contributed by atoms with van der Waals surface area (Å²) in [5, 5.41) is 13.1. The average Bonchev–Trinajstić information content (AvgIpc) is 2.92. The lowest BCUT2D eigenvalue weighted by molar-refractivity contribution is -0.134. The molecule has 2 unspecified atom stereocenters. The Morgan fingerprint density at radius 2 is 1.81 bits per heavy atom. The molecule has 0 saturated heterocycles. The molecular formula is C28H42N4O4S. The van der Waals surface area contributed by atoms with E-state index in [0.717, 1.165) is 43.2 Å². The SMILES string of the molecule is CCCC(CCC)S(=O)CC(NC(=O)c1cccnc1)C(=O)N(Cc1cccc(CC)c1)C[C@@H](O)CN. The second-order valence-electron chi connectivity index (χ2n) is 9.30. The van der Waals surface area contributed by atoms with Crippen molar-refractivity contribution >= 4 is 22.6 Å². The number of hydrogen-bond acceptors (Lipinski definition) is 6. The van der Waals surface area contributed by atoms with Crippen LogP contribution in [0.1, 0.15) is 67.9 Å². The Labute approximate surface area is 223 Å². The fraction of sp³-hybridized carbons (Fsp3) is 0.536. The molecule has 0 aliphatic rings. The summed E-state index contributed by atoms with van der Waals surface area (Å²) in [5.74, 6) is -0.857. The van der Waals surface area contributed by atoms with E-state index in [2.05, 4.69) is 17.2 Å². The van der Waals surface area contributed by atoms with Crippen LogP contribution in [0.25, 0.3) is 0 Å². The maximum Gasteiger partial charge on any atom is 0.253 e. The van der Waals surface area contributed by atoms with E-state index in [1.165, 1.54) is 11.1 Å². The standard InChI is InChI=1S/C28H42N4O4S/c1-4-9-25(10-5-2)37(36)20-26(31-27(34)23-13-8-14-30-17-23)28(35)32(19-24(33)16-29)18-22-12-7-11-21(6-3)15-22/h7-8,11-15,17,24-26,33H,4-6,9-10,16,18-20,29H2,1-3H3,(H,31,34)/t24-,26?,37?/m0/s1. The number of aromatic nitrogens is 1. The van der Waals surface area contributed by atoms with E-state index in [1.54, 1.807) is 18.3 Å². The molecule has 0 spiro atoms. The summed E-state index contributed by atoms with van der Waals surface area (Å²) in [6.45, 7) is 6.39. The maximum atomic E-state index is 13.9. The molecule has 1 heterocycles. The summed E-state index contributed by atoms with van der Waals surface area (Å²) >= 11 is 0. The molecule has 0 aliphatic carbocycles. The van der Waals surface area contributed by atoms with Crippen LogP contribution in [0.2, 0.25) is 0 Å². The van der Waals surface area contributed by atoms with Gasteiger partial charge in [0.1, 0.15) is 6.04 Å². The number of benzene rings is 1. The van der Waals surface area contributed by atoms with Crippen molar-refractivity contribution in [1.29, 1.82) is 0 Å². The molecule has 204 valence electrons. The number of aliphatic hydroxyl groups is 1. The molecule has 2 aromatic rings. The number of carbonyl (C=O) groups is 2. The summed E-state index contributed by atoms with van der Waals surface area (Å²) < 4.78 is 13.4. The predicted molar refractivity (Wildman–Crippen MR) is 148 cm³/mol. The van der Waals surface area contributed by atoms with Gasteiger partial charge < -0.3 is 21.1 Å². The molecular weight excluding hydrogens is 488 g/mol. The molecule has 0 bridgehead atoms. The van der Waals surface area contributed by atoms with Crippen LogP contribution in [-0.2, 0) is 28.6 Å². The number of amides is 2. The van der Waals surface area contributed by atoms with E-state index >= 15 is 0 Å². The van der Waals surface area contributed by atoms with E-state index in [4.69, 9.17) is 5.73 Å². The van der Waals surface area contributed by atoms with Crippen LogP contribution in [0, 0.1) is 0 Å². The Balaban J connectivity index is 2.37. The first-order chi connectivity index (χ1) is 17.8. The molecule has 0 fully saturated rings. The lowest BCUT2D eigenvalue weighted by Gasteiger charge is -2.30. The normalized spacial score (nSPS) is 13.7. The first kappa shape index (κ1) is 30.6. The van der Waals surface area contributed by atoms with Gasteiger partial charge in [-0.1, -0.05) is 57.9 Å². The van der Waals surface area contributed by atoms with Gasteiger partial charge in [-0.25, -0.2) is 0 Å². The molecule has 8 nitrogen and oxygen atoms in total. The van der Waals surface area contributed by atoms with Crippen molar-refractivity contribution in [2.24, 2.45) is 5.73 Å². The Hall–Kier alpha value is -2.62. The zero-order valence-corrected chi connectivity index (χ0v) is 23.1. The minimum Gasteiger partial charge on any atom is -0.390 e. The zero-order chi connectivity index (χ0) is 27.2. The molecule has 37 heavy (non-hydrogen) atoms. The number of hydrogen-bond donors (Lipinski definition) is 3. The third kappa shape index (κ3) is 9.98. The van der Waals surface area contributed by atoms with Crippen LogP contribution in [0.4, 0.5) is 0 Å². The van der Waals surface area contributed by atoms with Crippen LogP contribution in [0.3, 0.4) is 0 Å². The number of rotatable bonds is 16. The van der Waals surface area contributed by atoms with Gasteiger partial charge >= 0.3 is 0 Å². The minimum absolute atomic E-state index is 0.000276. The molecule has 9 heteroatoms. The second kappa shape index (κ2) is 16.3. The smallest absolute Gasteiger partial charge is 0.253 e. The van der Waals surface area contributed by atoms with Crippen molar-refractivity contribution in [1.82, 2.24) is 15.2 Å². The fourth-order valence-electron chi connectivity index (χ4n) is 4.21. The Morgan fingerprint density at radius 3 is 2.41 bits per heavy atom. The van der Waals surface area contributed by atoms with E-state index in [9.17, 15) is 18.9 Å². The number of nitrogens with two attached hydrogens (primary N) is 1. The van der Waals surface area contributed by atoms with E-state index in [1.807, 2.05) is 38.1 Å². The van der Waals surface area contributed by atoms with Gasteiger partial charge in [-0.15, -0.1) is 0 Å². The first-order valence-corrected chi connectivity index (χ1v) is 14.5. The zero-order valence-electron chi connectivity index (χ0n) is 22.3. The van der Waals surface area contributed by atoms with Gasteiger partial charge in [0.05, 0.1) is 17.4 Å². The van der Waals surface area contributed by atoms with Crippen LogP contribution in [0.5, 0.6) is 0 Å². The molecule has 0 saturated carbocycles. The van der Waals surface area contributed by atoms with Crippen molar-refractivity contribution in [3.63, 3.8) is 0 Å². The van der Waals surface area contributed by atoms with Crippen molar-refractivity contribution in [3.05, 3.63) is 65.5 Å². The van der Waals surface area contributed by atoms with Crippen molar-refractivity contribution in [2.75, 3.05) is 18.8 Å². The van der Waals surface area contributed by atoms with Crippen LogP contribution < -0.4 is 11.1 Å². The highest BCUT2D eigenvalue weighted by molar-refractivity contribution is 7.85. The average molecular weight is 531 g/mol. The summed E-state index contributed by atoms with van der Waals surface area (Å²) in [6.07, 6.45) is 6.28. The van der Waals surface area contributed by atoms with Crippen LogP contribution in [0.15, 0.2) is 48.8 Å². The molecule has 4 N–H and O–H groups in total. The Bertz CT molecular complexity index is 999. The molecule has 1 aromatic carbocycles. The van der Waals surface area contributed by atoms with Crippen molar-refractivity contribution in [2.45, 2.75) is 76.8 Å². The monoisotopic (exact) mass is 530 g/mol. The quantitative estimate of drug-likeness (QED) is 0.306. The molecule has 3 atom stereocenters. The van der Waals surface area contributed by atoms with Crippen LogP contribution in [-0.4, -0.2) is 67.3 Å². The van der Waals surface area contributed by atoms with E-state index in [0.29, 0.717) is 5.56 Å². The number of nitrogens with zero attached hydrogens (tertiary/aromatic N) is 2. The summed E-state index contributed by atoms with van der Waals surface area (Å²) in [5.41, 5.74) is 8.02. The maximum absolute atomic E-state index is 13.9. The second-order valence-corrected chi connectivity index (χ2v) is 11.1. The highest BCUT2D eigenvalue weighted by Crippen LogP contribution is 2.16. The minimum atomic E-state index is -1.33. The van der Waals surface area contributed by atoms with E-state index < -0.39 is 34.8 Å². The topological polar surface area (TPSA) is 126 Å². The van der Waals surface area contributed by atoms with Gasteiger partial charge in [0.2, 0.25) is 5.91 Å². The highest BCUT2D eigenvalue weighted by Gasteiger charge is 2.31. The van der Waals surface area contributed by atoms with Crippen molar-refractivity contribution in [3.8, 4) is 0 Å². The summed E-state index contributed by atoms with van der Waals surface area (Å²) in [7, 11) is -1.33. The van der Waals surface area contributed by atoms with E-state index in [-0.39, 0.29) is 30.6 Å². The van der Waals surface area contributed by atoms with Crippen LogP contribution >= 0.6 is 0 Å². The van der Waals surface area contributed by atoms with Gasteiger partial charge in [0.15, 0.2) is 0 Å². The molecule has 2 amide bonds. The lowest BCUT2D eigenvalue weighted by Crippen LogP contribution is -2.53. The third-order valence-corrected chi connectivity index (χ3v) is 8.12. The Kier molecular flexibility index (Phi) is 13.5. The van der Waals surface area contributed by atoms with Gasteiger partial charge in [-0.3, -0.25) is 18.8 Å². The predicted octanol–water partition coefficient (Wildman–Crippen LogP) is 2.81. The van der Waals surface area contributed by atoms with Crippen molar-refractivity contribution < 1.29 is 18.9 Å². The van der Waals surface area contributed by atoms with Gasteiger partial charge in [-0.2, -0.15) is 0 Å². The van der Waals surface area contributed by atoms with Gasteiger partial charge in [0, 0.05) is 48.1 Å². The summed E-state index contributed by atoms with van der Waals surface area (Å²) in [6, 6.07) is 10.1. The summed E-state index contributed by atoms with van der Waals surface area (Å²) in [4.78, 5) is 32.4. The van der Waals surface area contributed by atoms with Gasteiger partial charge in [-0.05, 0) is 42.5 Å². The number of carbonyl (C=O) groups excluding carboxylic acids is 2. The fourth-order valence-corrected chi connectivity index (χ4v) is 6.04. The molecule has 0 aliphatic heterocycles. The highest BCUT2D eigenvalue weighted by atomic mass is 32.2. The van der Waals surface area contributed by atoms with Gasteiger partial charge in [0.25, 0.3) is 5.91 Å². The number of pyridine rings is 1. The first-order valence-electron chi connectivity index (χ1n) is 13.2. The molecule has 0 radical (unpaired) electrons. The third-order valence-electron chi connectivity index (χ3n) is 6.24. The lowest BCUT2D eigenvalue weighted by atomic mass is 10.1. The molecule has 2 rings (SSSR count). The number of aryl methyl sites for hydroxylation is 1. The largest absolute Gasteiger partial charge is 0.390 e. The Morgan fingerprint density at radius 1 is 1.11 bits per heavy atom. The number of nitrogens with one attached hydrogen (secondary N) is 1. The number of aliphatic hydroxyl groups excluding tert-OH is 1. The molecule has 1 aromatic heterocycles.